The molecule has 7 heteroatoms. The fraction of sp³-hybridized carbons (Fsp3) is 0.375. The van der Waals surface area contributed by atoms with Crippen LogP contribution in [0.2, 0.25) is 0 Å². The zero-order chi connectivity index (χ0) is 21.8. The molecular formula is C24H26N2O4S. The van der Waals surface area contributed by atoms with Crippen LogP contribution in [0.5, 0.6) is 11.6 Å². The summed E-state index contributed by atoms with van der Waals surface area (Å²) in [7, 11) is 0. The number of rotatable bonds is 8. The highest BCUT2D eigenvalue weighted by atomic mass is 32.1. The highest BCUT2D eigenvalue weighted by Gasteiger charge is 2.30. The topological polar surface area (TPSA) is 81.4 Å². The minimum Gasteiger partial charge on any atom is -0.493 e. The molecule has 0 saturated heterocycles. The number of nitrogens with zero attached hydrogens (tertiary/aromatic N) is 2. The summed E-state index contributed by atoms with van der Waals surface area (Å²) >= 11 is 0.933. The Labute approximate surface area is 185 Å². The standard InChI is InChI=1S/C24H26N2O4S/c1-2-16-6-9-19(25-15-16)12-13-30-20-10-7-17(8-11-20)14-21-23(28)26(24(29)31-21)22(27)18-4-3-5-18/h6-11,15,18,28H,2-5,12-14H2,1H3. The Bertz CT molecular complexity index is 1100. The largest absolute Gasteiger partial charge is 0.493 e. The van der Waals surface area contributed by atoms with Crippen molar-refractivity contribution >= 4 is 17.2 Å². The lowest BCUT2D eigenvalue weighted by Gasteiger charge is -2.23. The van der Waals surface area contributed by atoms with Crippen LogP contribution in [0.4, 0.5) is 0 Å². The van der Waals surface area contributed by atoms with Gasteiger partial charge in [-0.25, -0.2) is 4.57 Å². The Hall–Kier alpha value is -2.93. The summed E-state index contributed by atoms with van der Waals surface area (Å²) in [5.41, 5.74) is 3.16. The Kier molecular flexibility index (Phi) is 6.51. The highest BCUT2D eigenvalue weighted by Crippen LogP contribution is 2.31. The number of benzene rings is 1. The van der Waals surface area contributed by atoms with Crippen LogP contribution in [-0.4, -0.2) is 27.2 Å². The summed E-state index contributed by atoms with van der Waals surface area (Å²) in [6, 6.07) is 11.7. The van der Waals surface area contributed by atoms with E-state index in [1.54, 1.807) is 0 Å². The molecule has 0 unspecified atom stereocenters. The molecule has 2 aromatic heterocycles. The van der Waals surface area contributed by atoms with Gasteiger partial charge in [0.15, 0.2) is 0 Å². The number of hydrogen-bond acceptors (Lipinski definition) is 6. The van der Waals surface area contributed by atoms with E-state index in [0.29, 0.717) is 17.9 Å². The minimum atomic E-state index is -0.412. The van der Waals surface area contributed by atoms with Crippen molar-refractivity contribution in [1.82, 2.24) is 9.55 Å². The van der Waals surface area contributed by atoms with Crippen molar-refractivity contribution in [3.63, 3.8) is 0 Å². The first-order valence-electron chi connectivity index (χ1n) is 10.7. The van der Waals surface area contributed by atoms with Crippen molar-refractivity contribution in [3.05, 3.63) is 74.0 Å². The molecule has 1 fully saturated rings. The second-order valence-electron chi connectivity index (χ2n) is 7.85. The number of pyridine rings is 1. The maximum Gasteiger partial charge on any atom is 0.317 e. The monoisotopic (exact) mass is 438 g/mol. The molecule has 1 N–H and O–H groups in total. The molecule has 31 heavy (non-hydrogen) atoms. The third-order valence-electron chi connectivity index (χ3n) is 5.74. The number of aromatic nitrogens is 2. The molecule has 0 aliphatic heterocycles. The third-order valence-corrected chi connectivity index (χ3v) is 6.67. The van der Waals surface area contributed by atoms with Gasteiger partial charge in [0.2, 0.25) is 11.8 Å². The lowest BCUT2D eigenvalue weighted by atomic mass is 9.85. The van der Waals surface area contributed by atoms with E-state index in [4.69, 9.17) is 4.74 Å². The molecule has 1 aliphatic rings. The number of carbonyl (C=O) groups excluding carboxylic acids is 1. The van der Waals surface area contributed by atoms with Crippen LogP contribution in [-0.2, 0) is 19.3 Å². The minimum absolute atomic E-state index is 0.137. The third kappa shape index (κ3) is 4.88. The number of aryl methyl sites for hydroxylation is 1. The molecule has 4 rings (SSSR count). The summed E-state index contributed by atoms with van der Waals surface area (Å²) < 4.78 is 6.76. The number of hydrogen-bond donors (Lipinski definition) is 1. The fourth-order valence-corrected chi connectivity index (χ4v) is 4.43. The lowest BCUT2D eigenvalue weighted by Crippen LogP contribution is -2.32. The van der Waals surface area contributed by atoms with Crippen molar-refractivity contribution in [2.45, 2.75) is 45.4 Å². The molecule has 0 bridgehead atoms. The zero-order valence-electron chi connectivity index (χ0n) is 17.5. The van der Waals surface area contributed by atoms with Gasteiger partial charge in [0.05, 0.1) is 11.5 Å². The van der Waals surface area contributed by atoms with Gasteiger partial charge in [-0.1, -0.05) is 42.9 Å². The second kappa shape index (κ2) is 9.47. The first-order valence-corrected chi connectivity index (χ1v) is 11.5. The molecule has 0 spiro atoms. The second-order valence-corrected chi connectivity index (χ2v) is 8.89. The van der Waals surface area contributed by atoms with Crippen LogP contribution in [0.1, 0.15) is 52.7 Å². The Morgan fingerprint density at radius 2 is 1.94 bits per heavy atom. The van der Waals surface area contributed by atoms with Crippen LogP contribution in [0, 0.1) is 5.92 Å². The normalized spacial score (nSPS) is 13.7. The Balaban J connectivity index is 1.34. The number of ether oxygens (including phenoxy) is 1. The maximum absolute atomic E-state index is 12.4. The molecule has 162 valence electrons. The summed E-state index contributed by atoms with van der Waals surface area (Å²) in [5.74, 6) is 0.124. The van der Waals surface area contributed by atoms with Crippen molar-refractivity contribution in [2.24, 2.45) is 5.92 Å². The quantitative estimate of drug-likeness (QED) is 0.569. The molecule has 0 radical (unpaired) electrons. The van der Waals surface area contributed by atoms with Crippen molar-refractivity contribution in [2.75, 3.05) is 6.61 Å². The summed E-state index contributed by atoms with van der Waals surface area (Å²) in [4.78, 5) is 29.2. The first-order chi connectivity index (χ1) is 15.0. The van der Waals surface area contributed by atoms with E-state index in [1.165, 1.54) is 5.56 Å². The van der Waals surface area contributed by atoms with E-state index in [-0.39, 0.29) is 17.7 Å². The van der Waals surface area contributed by atoms with E-state index in [2.05, 4.69) is 18.0 Å². The Morgan fingerprint density at radius 3 is 2.55 bits per heavy atom. The van der Waals surface area contributed by atoms with Gasteiger partial charge in [-0.05, 0) is 48.6 Å². The molecule has 1 aromatic carbocycles. The van der Waals surface area contributed by atoms with Crippen LogP contribution in [0.15, 0.2) is 47.4 Å². The van der Waals surface area contributed by atoms with Crippen LogP contribution < -0.4 is 9.61 Å². The predicted molar refractivity (Wildman–Crippen MR) is 120 cm³/mol. The summed E-state index contributed by atoms with van der Waals surface area (Å²) in [5, 5.41) is 10.4. The van der Waals surface area contributed by atoms with Gasteiger partial charge in [0, 0.05) is 30.7 Å². The molecule has 3 aromatic rings. The van der Waals surface area contributed by atoms with Gasteiger partial charge in [0.1, 0.15) is 5.75 Å². The van der Waals surface area contributed by atoms with Gasteiger partial charge < -0.3 is 9.84 Å². The van der Waals surface area contributed by atoms with E-state index in [0.717, 1.165) is 65.0 Å². The van der Waals surface area contributed by atoms with Crippen molar-refractivity contribution in [1.29, 1.82) is 0 Å². The van der Waals surface area contributed by atoms with Gasteiger partial charge in [-0.3, -0.25) is 14.6 Å². The number of carbonyl (C=O) groups is 1. The molecule has 1 aliphatic carbocycles. The SMILES string of the molecule is CCc1ccc(CCOc2ccc(Cc3sc(=O)n(C(=O)C4CCC4)c3O)cc2)nc1. The van der Waals surface area contributed by atoms with Crippen molar-refractivity contribution < 1.29 is 14.6 Å². The van der Waals surface area contributed by atoms with Gasteiger partial charge in [0.25, 0.3) is 0 Å². The first kappa shape index (κ1) is 21.3. The van der Waals surface area contributed by atoms with Crippen LogP contribution in [0.25, 0.3) is 0 Å². The van der Waals surface area contributed by atoms with Gasteiger partial charge in [-0.2, -0.15) is 0 Å². The smallest absolute Gasteiger partial charge is 0.317 e. The van der Waals surface area contributed by atoms with E-state index >= 15 is 0 Å². The lowest BCUT2D eigenvalue weighted by molar-refractivity contribution is 0.0751. The maximum atomic E-state index is 12.4. The van der Waals surface area contributed by atoms with E-state index < -0.39 is 4.87 Å². The van der Waals surface area contributed by atoms with Crippen molar-refractivity contribution in [3.8, 4) is 11.6 Å². The van der Waals surface area contributed by atoms with Gasteiger partial charge in [-0.15, -0.1) is 0 Å². The summed E-state index contributed by atoms with van der Waals surface area (Å²) in [6.45, 7) is 2.64. The van der Waals surface area contributed by atoms with Crippen LogP contribution in [0.3, 0.4) is 0 Å². The molecule has 0 amide bonds. The number of thiazole rings is 1. The van der Waals surface area contributed by atoms with E-state index in [1.807, 2.05) is 36.5 Å². The molecular weight excluding hydrogens is 412 g/mol. The van der Waals surface area contributed by atoms with Gasteiger partial charge >= 0.3 is 4.87 Å². The molecule has 6 nitrogen and oxygen atoms in total. The molecule has 2 heterocycles. The zero-order valence-corrected chi connectivity index (χ0v) is 18.4. The fourth-order valence-electron chi connectivity index (χ4n) is 3.53. The highest BCUT2D eigenvalue weighted by molar-refractivity contribution is 7.09. The average Bonchev–Trinajstić information content (AvgIpc) is 3.01. The van der Waals surface area contributed by atoms with E-state index in [9.17, 15) is 14.7 Å². The number of aromatic hydroxyl groups is 1. The average molecular weight is 439 g/mol. The molecule has 0 atom stereocenters. The predicted octanol–water partition coefficient (Wildman–Crippen LogP) is 4.23. The summed E-state index contributed by atoms with van der Waals surface area (Å²) in [6.07, 6.45) is 6.59. The molecule has 1 saturated carbocycles. The van der Waals surface area contributed by atoms with Crippen LogP contribution >= 0.6 is 11.3 Å². The Morgan fingerprint density at radius 1 is 1.19 bits per heavy atom.